The lowest BCUT2D eigenvalue weighted by atomic mass is 10.1. The summed E-state index contributed by atoms with van der Waals surface area (Å²) < 4.78 is 3.46. The highest BCUT2D eigenvalue weighted by molar-refractivity contribution is 6.68. The van der Waals surface area contributed by atoms with Crippen molar-refractivity contribution in [1.82, 2.24) is 0 Å². The van der Waals surface area contributed by atoms with Crippen LogP contribution < -0.4 is 5.32 Å². The van der Waals surface area contributed by atoms with Crippen LogP contribution in [0.25, 0.3) is 0 Å². The number of alkyl halides is 3. The molecule has 3 nitrogen and oxygen atoms in total. The molecule has 0 radical (unpaired) electrons. The topological polar surface area (TPSA) is 38.3 Å². The number of rotatable bonds is 3. The van der Waals surface area contributed by atoms with E-state index in [1.54, 1.807) is 48.5 Å². The van der Waals surface area contributed by atoms with Crippen LogP contribution in [0.4, 0.5) is 10.5 Å². The zero-order valence-corrected chi connectivity index (χ0v) is 14.1. The Morgan fingerprint density at radius 1 is 1.05 bits per heavy atom. The summed E-state index contributed by atoms with van der Waals surface area (Å²) in [4.78, 5) is 12.0. The van der Waals surface area contributed by atoms with Gasteiger partial charge in [0.15, 0.2) is 6.10 Å². The van der Waals surface area contributed by atoms with Crippen molar-refractivity contribution < 1.29 is 9.53 Å². The van der Waals surface area contributed by atoms with Crippen LogP contribution in [0.15, 0.2) is 54.6 Å². The first-order chi connectivity index (χ1) is 10.4. The number of carbonyl (C=O) groups excluding carboxylic acids is 1. The molecule has 0 bridgehead atoms. The van der Waals surface area contributed by atoms with Gasteiger partial charge in [-0.25, -0.2) is 4.79 Å². The number of amides is 1. The minimum Gasteiger partial charge on any atom is -0.436 e. The van der Waals surface area contributed by atoms with Gasteiger partial charge in [-0.15, -0.1) is 0 Å². The summed E-state index contributed by atoms with van der Waals surface area (Å²) in [5.41, 5.74) is 1.05. The van der Waals surface area contributed by atoms with Gasteiger partial charge in [-0.05, 0) is 23.8 Å². The van der Waals surface area contributed by atoms with E-state index < -0.39 is 16.0 Å². The third-order valence-electron chi connectivity index (χ3n) is 2.70. The van der Waals surface area contributed by atoms with Crippen molar-refractivity contribution in [1.29, 1.82) is 0 Å². The number of hydrogen-bond acceptors (Lipinski definition) is 2. The highest BCUT2D eigenvalue weighted by Crippen LogP contribution is 2.42. The molecule has 1 unspecified atom stereocenters. The minimum atomic E-state index is -1.80. The van der Waals surface area contributed by atoms with E-state index >= 15 is 0 Å². The molecule has 0 aromatic heterocycles. The Kier molecular flexibility index (Phi) is 5.81. The van der Waals surface area contributed by atoms with Gasteiger partial charge in [0.25, 0.3) is 0 Å². The molecule has 116 valence electrons. The largest absolute Gasteiger partial charge is 0.436 e. The van der Waals surface area contributed by atoms with Crippen molar-refractivity contribution in [2.75, 3.05) is 5.32 Å². The zero-order valence-electron chi connectivity index (χ0n) is 11.1. The third kappa shape index (κ3) is 4.96. The average molecular weight is 379 g/mol. The second kappa shape index (κ2) is 7.42. The Morgan fingerprint density at radius 2 is 1.73 bits per heavy atom. The molecule has 0 saturated carbocycles. The van der Waals surface area contributed by atoms with Crippen molar-refractivity contribution in [3.63, 3.8) is 0 Å². The molecule has 2 aromatic rings. The van der Waals surface area contributed by atoms with E-state index in [0.717, 1.165) is 0 Å². The normalized spacial score (nSPS) is 12.5. The van der Waals surface area contributed by atoms with Crippen molar-refractivity contribution in [2.45, 2.75) is 9.90 Å². The van der Waals surface area contributed by atoms with Crippen LogP contribution in [-0.4, -0.2) is 9.89 Å². The Bertz CT molecular complexity index is 643. The molecule has 1 N–H and O–H groups in total. The average Bonchev–Trinajstić information content (AvgIpc) is 2.44. The van der Waals surface area contributed by atoms with Crippen LogP contribution in [-0.2, 0) is 4.74 Å². The third-order valence-corrected chi connectivity index (χ3v) is 3.53. The van der Waals surface area contributed by atoms with Gasteiger partial charge >= 0.3 is 6.09 Å². The summed E-state index contributed by atoms with van der Waals surface area (Å²) in [7, 11) is 0. The predicted molar refractivity (Wildman–Crippen MR) is 91.0 cm³/mol. The monoisotopic (exact) mass is 377 g/mol. The SMILES string of the molecule is O=C(Nc1cccc(Cl)c1)OC(c1ccccc1)C(Cl)(Cl)Cl. The lowest BCUT2D eigenvalue weighted by Gasteiger charge is -2.24. The maximum Gasteiger partial charge on any atom is 0.412 e. The van der Waals surface area contributed by atoms with Crippen LogP contribution in [0.3, 0.4) is 0 Å². The molecule has 22 heavy (non-hydrogen) atoms. The summed E-state index contributed by atoms with van der Waals surface area (Å²) in [6, 6.07) is 15.4. The smallest absolute Gasteiger partial charge is 0.412 e. The van der Waals surface area contributed by atoms with Crippen LogP contribution in [0.2, 0.25) is 5.02 Å². The summed E-state index contributed by atoms with van der Waals surface area (Å²) in [6.07, 6.45) is -1.79. The Labute approximate surface area is 148 Å². The second-order valence-electron chi connectivity index (χ2n) is 4.37. The van der Waals surface area contributed by atoms with Crippen molar-refractivity contribution in [2.24, 2.45) is 0 Å². The van der Waals surface area contributed by atoms with Crippen LogP contribution in [0, 0.1) is 0 Å². The van der Waals surface area contributed by atoms with Gasteiger partial charge in [0.2, 0.25) is 3.79 Å². The number of halogens is 4. The van der Waals surface area contributed by atoms with E-state index in [9.17, 15) is 4.79 Å². The van der Waals surface area contributed by atoms with E-state index in [-0.39, 0.29) is 0 Å². The van der Waals surface area contributed by atoms with Gasteiger partial charge in [0, 0.05) is 10.7 Å². The van der Waals surface area contributed by atoms with E-state index in [0.29, 0.717) is 16.3 Å². The van der Waals surface area contributed by atoms with Crippen LogP contribution in [0.5, 0.6) is 0 Å². The Balaban J connectivity index is 2.12. The molecule has 0 saturated heterocycles. The number of benzene rings is 2. The van der Waals surface area contributed by atoms with Gasteiger partial charge in [-0.1, -0.05) is 82.8 Å². The standard InChI is InChI=1S/C15H11Cl4NO2/c16-11-7-4-8-12(9-11)20-14(21)22-13(15(17,18)19)10-5-2-1-3-6-10/h1-9,13H,(H,20,21). The lowest BCUT2D eigenvalue weighted by molar-refractivity contribution is 0.113. The predicted octanol–water partition coefficient (Wildman–Crippen LogP) is 6.00. The molecule has 0 aliphatic carbocycles. The lowest BCUT2D eigenvalue weighted by Crippen LogP contribution is -2.26. The van der Waals surface area contributed by atoms with Gasteiger partial charge in [0.05, 0.1) is 0 Å². The molecule has 0 spiro atoms. The maximum atomic E-state index is 12.0. The minimum absolute atomic E-state index is 0.480. The van der Waals surface area contributed by atoms with Gasteiger partial charge in [-0.2, -0.15) is 0 Å². The molecule has 0 aliphatic heterocycles. The number of ether oxygens (including phenoxy) is 1. The highest BCUT2D eigenvalue weighted by atomic mass is 35.6. The Morgan fingerprint density at radius 3 is 2.32 bits per heavy atom. The fourth-order valence-corrected chi connectivity index (χ4v) is 2.47. The summed E-state index contributed by atoms with van der Waals surface area (Å²) >= 11 is 23.6. The molecule has 2 aromatic carbocycles. The Hall–Kier alpha value is -1.13. The first-order valence-electron chi connectivity index (χ1n) is 6.21. The maximum absolute atomic E-state index is 12.0. The molecule has 1 amide bonds. The van der Waals surface area contributed by atoms with E-state index in [4.69, 9.17) is 51.1 Å². The number of anilines is 1. The van der Waals surface area contributed by atoms with Gasteiger partial charge < -0.3 is 4.74 Å². The van der Waals surface area contributed by atoms with Crippen molar-refractivity contribution in [3.8, 4) is 0 Å². The first kappa shape index (κ1) is 17.2. The number of carbonyl (C=O) groups is 1. The molecule has 1 atom stereocenters. The van der Waals surface area contributed by atoms with E-state index in [1.165, 1.54) is 0 Å². The van der Waals surface area contributed by atoms with Gasteiger partial charge in [0.1, 0.15) is 0 Å². The fraction of sp³-hybridized carbons (Fsp3) is 0.133. The van der Waals surface area contributed by atoms with Crippen LogP contribution >= 0.6 is 46.4 Å². The van der Waals surface area contributed by atoms with Gasteiger partial charge in [-0.3, -0.25) is 5.32 Å². The summed E-state index contributed by atoms with van der Waals surface area (Å²) in [5, 5.41) is 3.02. The molecular weight excluding hydrogens is 368 g/mol. The number of nitrogens with one attached hydrogen (secondary N) is 1. The first-order valence-corrected chi connectivity index (χ1v) is 7.72. The fourth-order valence-electron chi connectivity index (χ4n) is 1.77. The van der Waals surface area contributed by atoms with E-state index in [2.05, 4.69) is 5.32 Å². The molecular formula is C15H11Cl4NO2. The molecule has 7 heteroatoms. The highest BCUT2D eigenvalue weighted by Gasteiger charge is 2.37. The summed E-state index contributed by atoms with van der Waals surface area (Å²) in [5.74, 6) is 0. The zero-order chi connectivity index (χ0) is 16.2. The molecule has 0 aliphatic rings. The quantitative estimate of drug-likeness (QED) is 0.665. The van der Waals surface area contributed by atoms with Crippen LogP contribution in [0.1, 0.15) is 11.7 Å². The molecule has 2 rings (SSSR count). The van der Waals surface area contributed by atoms with E-state index in [1.807, 2.05) is 6.07 Å². The molecule has 0 fully saturated rings. The van der Waals surface area contributed by atoms with Crippen molar-refractivity contribution in [3.05, 3.63) is 65.2 Å². The molecule has 0 heterocycles. The second-order valence-corrected chi connectivity index (χ2v) is 7.18. The number of hydrogen-bond donors (Lipinski definition) is 1. The summed E-state index contributed by atoms with van der Waals surface area (Å²) in [6.45, 7) is 0. The van der Waals surface area contributed by atoms with Crippen molar-refractivity contribution >= 4 is 58.2 Å².